The van der Waals surface area contributed by atoms with Crippen molar-refractivity contribution in [3.63, 3.8) is 0 Å². The van der Waals surface area contributed by atoms with Gasteiger partial charge in [0.1, 0.15) is 9.84 Å². The van der Waals surface area contributed by atoms with Crippen molar-refractivity contribution >= 4 is 9.84 Å². The zero-order valence-corrected chi connectivity index (χ0v) is 13.7. The Morgan fingerprint density at radius 3 is 2.16 bits per heavy atom. The monoisotopic (exact) mass is 290 g/mol. The molecule has 1 aliphatic carbocycles. The molecule has 0 heterocycles. The van der Waals surface area contributed by atoms with Crippen molar-refractivity contribution < 1.29 is 13.5 Å². The highest BCUT2D eigenvalue weighted by atomic mass is 32.2. The molecule has 114 valence electrons. The average Bonchev–Trinajstić information content (AvgIpc) is 2.28. The molecule has 0 spiro atoms. The van der Waals surface area contributed by atoms with Gasteiger partial charge in [-0.25, -0.2) is 8.42 Å². The lowest BCUT2D eigenvalue weighted by molar-refractivity contribution is -0.0315. The third-order valence-corrected chi connectivity index (χ3v) is 6.47. The molecule has 1 saturated carbocycles. The van der Waals surface area contributed by atoms with Crippen LogP contribution in [0.1, 0.15) is 66.2 Å². The Bertz CT molecular complexity index is 371. The molecule has 0 unspecified atom stereocenters. The quantitative estimate of drug-likeness (QED) is 0.846. The van der Waals surface area contributed by atoms with Crippen LogP contribution < -0.4 is 0 Å². The maximum Gasteiger partial charge on any atom is 0.150 e. The fraction of sp³-hybridized carbons (Fsp3) is 1.00. The molecule has 0 aliphatic heterocycles. The lowest BCUT2D eigenvalue weighted by Crippen LogP contribution is -2.37. The molecular formula is C15H30O3S. The predicted molar refractivity (Wildman–Crippen MR) is 79.9 cm³/mol. The van der Waals surface area contributed by atoms with Crippen LogP contribution in [-0.4, -0.2) is 30.6 Å². The van der Waals surface area contributed by atoms with Gasteiger partial charge in [-0.1, -0.05) is 27.7 Å². The molecule has 1 N–H and O–H groups in total. The van der Waals surface area contributed by atoms with E-state index in [4.69, 9.17) is 0 Å². The van der Waals surface area contributed by atoms with E-state index >= 15 is 0 Å². The Morgan fingerprint density at radius 1 is 1.21 bits per heavy atom. The molecule has 1 aliphatic rings. The normalized spacial score (nSPS) is 29.4. The second kappa shape index (κ2) is 6.13. The number of rotatable bonds is 5. The van der Waals surface area contributed by atoms with Gasteiger partial charge in [0.15, 0.2) is 0 Å². The van der Waals surface area contributed by atoms with E-state index in [2.05, 4.69) is 20.8 Å². The number of sulfone groups is 1. The number of aliphatic hydroxyl groups is 1. The topological polar surface area (TPSA) is 54.4 Å². The first-order valence-corrected chi connectivity index (χ1v) is 9.33. The first kappa shape index (κ1) is 17.0. The van der Waals surface area contributed by atoms with Crippen molar-refractivity contribution in [2.45, 2.75) is 71.8 Å². The van der Waals surface area contributed by atoms with Crippen molar-refractivity contribution in [1.29, 1.82) is 0 Å². The minimum atomic E-state index is -2.89. The molecule has 0 radical (unpaired) electrons. The minimum Gasteiger partial charge on any atom is -0.390 e. The second-order valence-corrected chi connectivity index (χ2v) is 9.68. The second-order valence-electron chi connectivity index (χ2n) is 7.20. The van der Waals surface area contributed by atoms with E-state index in [1.807, 2.05) is 0 Å². The zero-order chi connectivity index (χ0) is 14.7. The summed E-state index contributed by atoms with van der Waals surface area (Å²) in [5.74, 6) is 1.10. The van der Waals surface area contributed by atoms with Gasteiger partial charge in [-0.05, 0) is 49.9 Å². The average molecular weight is 290 g/mol. The molecule has 0 bridgehead atoms. The molecule has 0 aromatic carbocycles. The summed E-state index contributed by atoms with van der Waals surface area (Å²) in [4.78, 5) is 0. The summed E-state index contributed by atoms with van der Waals surface area (Å²) in [7, 11) is -2.89. The molecule has 3 nitrogen and oxygen atoms in total. The molecular weight excluding hydrogens is 260 g/mol. The molecule has 1 rings (SSSR count). The van der Waals surface area contributed by atoms with Crippen molar-refractivity contribution in [3.8, 4) is 0 Å². The van der Waals surface area contributed by atoms with Crippen LogP contribution in [0, 0.1) is 11.3 Å². The van der Waals surface area contributed by atoms with Gasteiger partial charge in [0.25, 0.3) is 0 Å². The summed E-state index contributed by atoms with van der Waals surface area (Å²) in [6.07, 6.45) is 4.97. The molecule has 0 atom stereocenters. The van der Waals surface area contributed by atoms with Crippen molar-refractivity contribution in [2.24, 2.45) is 11.3 Å². The number of hydrogen-bond acceptors (Lipinski definition) is 3. The lowest BCUT2D eigenvalue weighted by Gasteiger charge is -2.41. The van der Waals surface area contributed by atoms with E-state index in [1.54, 1.807) is 6.92 Å². The van der Waals surface area contributed by atoms with Crippen LogP contribution in [0.3, 0.4) is 0 Å². The summed E-state index contributed by atoms with van der Waals surface area (Å²) in [6.45, 7) is 8.46. The molecule has 0 aromatic heterocycles. The minimum absolute atomic E-state index is 0.206. The van der Waals surface area contributed by atoms with Crippen LogP contribution in [0.4, 0.5) is 0 Å². The van der Waals surface area contributed by atoms with Crippen molar-refractivity contribution in [2.75, 3.05) is 11.5 Å². The van der Waals surface area contributed by atoms with E-state index in [0.717, 1.165) is 25.7 Å². The Morgan fingerprint density at radius 2 is 1.74 bits per heavy atom. The van der Waals surface area contributed by atoms with Gasteiger partial charge in [-0.2, -0.15) is 0 Å². The molecule has 0 amide bonds. The summed E-state index contributed by atoms with van der Waals surface area (Å²) in [6, 6.07) is 0. The third kappa shape index (κ3) is 5.42. The Hall–Kier alpha value is -0.0900. The van der Waals surface area contributed by atoms with E-state index < -0.39 is 15.4 Å². The van der Waals surface area contributed by atoms with Crippen LogP contribution in [-0.2, 0) is 9.84 Å². The summed E-state index contributed by atoms with van der Waals surface area (Å²) in [5.41, 5.74) is -0.308. The fourth-order valence-corrected chi connectivity index (χ4v) is 3.91. The highest BCUT2D eigenvalue weighted by molar-refractivity contribution is 7.91. The summed E-state index contributed by atoms with van der Waals surface area (Å²) < 4.78 is 22.9. The maximum absolute atomic E-state index is 11.4. The van der Waals surface area contributed by atoms with Gasteiger partial charge in [0.2, 0.25) is 0 Å². The molecule has 0 aromatic rings. The highest BCUT2D eigenvalue weighted by Crippen LogP contribution is 2.42. The first-order chi connectivity index (χ1) is 8.58. The predicted octanol–water partition coefficient (Wildman–Crippen LogP) is 3.17. The third-order valence-electron chi connectivity index (χ3n) is 4.68. The van der Waals surface area contributed by atoms with Crippen molar-refractivity contribution in [1.82, 2.24) is 0 Å². The SMILES string of the molecule is CCS(=O)(=O)CCCC1(O)CCC(C(C)(C)C)CC1. The molecule has 0 saturated heterocycles. The van der Waals surface area contributed by atoms with Crippen LogP contribution in [0.2, 0.25) is 0 Å². The zero-order valence-electron chi connectivity index (χ0n) is 12.9. The van der Waals surface area contributed by atoms with Gasteiger partial charge >= 0.3 is 0 Å². The highest BCUT2D eigenvalue weighted by Gasteiger charge is 2.36. The molecule has 19 heavy (non-hydrogen) atoms. The van der Waals surface area contributed by atoms with Gasteiger partial charge in [0.05, 0.1) is 11.4 Å². The fourth-order valence-electron chi connectivity index (χ4n) is 3.04. The van der Waals surface area contributed by atoms with E-state index in [9.17, 15) is 13.5 Å². The van der Waals surface area contributed by atoms with E-state index in [0.29, 0.717) is 24.2 Å². The van der Waals surface area contributed by atoms with Crippen LogP contribution >= 0.6 is 0 Å². The smallest absolute Gasteiger partial charge is 0.150 e. The van der Waals surface area contributed by atoms with Crippen LogP contribution in [0.5, 0.6) is 0 Å². The van der Waals surface area contributed by atoms with Crippen molar-refractivity contribution in [3.05, 3.63) is 0 Å². The molecule has 4 heteroatoms. The van der Waals surface area contributed by atoms with E-state index in [1.165, 1.54) is 0 Å². The summed E-state index contributed by atoms with van der Waals surface area (Å²) in [5, 5.41) is 10.5. The Labute approximate surface area is 118 Å². The number of hydrogen-bond donors (Lipinski definition) is 1. The van der Waals surface area contributed by atoms with Gasteiger partial charge in [-0.3, -0.25) is 0 Å². The van der Waals surface area contributed by atoms with Gasteiger partial charge in [0, 0.05) is 5.75 Å². The maximum atomic E-state index is 11.4. The standard InChI is InChI=1S/C15H30O3S/c1-5-19(17,18)12-6-9-15(16)10-7-13(8-11-15)14(2,3)4/h13,16H,5-12H2,1-4H3. The van der Waals surface area contributed by atoms with Crippen LogP contribution in [0.15, 0.2) is 0 Å². The first-order valence-electron chi connectivity index (χ1n) is 7.51. The molecule has 1 fully saturated rings. The largest absolute Gasteiger partial charge is 0.390 e. The summed E-state index contributed by atoms with van der Waals surface area (Å²) >= 11 is 0. The van der Waals surface area contributed by atoms with E-state index in [-0.39, 0.29) is 11.5 Å². The van der Waals surface area contributed by atoms with Gasteiger partial charge < -0.3 is 5.11 Å². The van der Waals surface area contributed by atoms with Crippen LogP contribution in [0.25, 0.3) is 0 Å². The Kier molecular flexibility index (Phi) is 5.47. The van der Waals surface area contributed by atoms with Gasteiger partial charge in [-0.15, -0.1) is 0 Å². The lowest BCUT2D eigenvalue weighted by atomic mass is 9.67. The Balaban J connectivity index is 2.40.